The Morgan fingerprint density at radius 1 is 0.947 bits per heavy atom. The van der Waals surface area contributed by atoms with Crippen molar-refractivity contribution in [2.75, 3.05) is 0 Å². The summed E-state index contributed by atoms with van der Waals surface area (Å²) in [6.07, 6.45) is -0.100. The summed E-state index contributed by atoms with van der Waals surface area (Å²) in [6.45, 7) is 5.45. The first-order valence-electron chi connectivity index (χ1n) is 12.3. The van der Waals surface area contributed by atoms with Crippen molar-refractivity contribution in [3.63, 3.8) is 0 Å². The quantitative estimate of drug-likeness (QED) is 0.211. The van der Waals surface area contributed by atoms with Crippen LogP contribution in [0.2, 0.25) is 0 Å². The second-order valence-electron chi connectivity index (χ2n) is 8.88. The Morgan fingerprint density at radius 3 is 2.32 bits per heavy atom. The van der Waals surface area contributed by atoms with Crippen LogP contribution >= 0.6 is 0 Å². The summed E-state index contributed by atoms with van der Waals surface area (Å²) in [5.74, 6) is 0.190. The van der Waals surface area contributed by atoms with Crippen LogP contribution in [0.4, 0.5) is 4.79 Å². The molecule has 3 aromatic carbocycles. The molecule has 8 heteroatoms. The highest BCUT2D eigenvalue weighted by molar-refractivity contribution is 5.85. The Balaban J connectivity index is 1.48. The van der Waals surface area contributed by atoms with E-state index in [0.29, 0.717) is 12.2 Å². The largest absolute Gasteiger partial charge is 0.457 e. The number of esters is 1. The first kappa shape index (κ1) is 26.5. The number of carbonyl (C=O) groups excluding carboxylic acids is 2. The van der Waals surface area contributed by atoms with Crippen LogP contribution in [-0.2, 0) is 16.1 Å². The normalized spacial score (nSPS) is 12.4. The Labute approximate surface area is 220 Å². The van der Waals surface area contributed by atoms with E-state index in [0.717, 1.165) is 5.56 Å². The smallest absolute Gasteiger partial charge is 0.408 e. The maximum atomic E-state index is 13.1. The van der Waals surface area contributed by atoms with Crippen LogP contribution in [-0.4, -0.2) is 18.1 Å². The van der Waals surface area contributed by atoms with Crippen molar-refractivity contribution >= 4 is 23.0 Å². The molecule has 0 aliphatic carbocycles. The van der Waals surface area contributed by atoms with Crippen LogP contribution in [0.5, 0.6) is 17.2 Å². The molecule has 0 fully saturated rings. The van der Waals surface area contributed by atoms with Crippen LogP contribution in [0.25, 0.3) is 11.0 Å². The predicted octanol–water partition coefficient (Wildman–Crippen LogP) is 6.14. The molecule has 4 rings (SSSR count). The molecule has 196 valence electrons. The molecule has 0 saturated heterocycles. The first-order valence-corrected chi connectivity index (χ1v) is 12.3. The SMILES string of the molecule is CC[C@@H](C)[C@@H](NC(=O)OCc1ccccc1)C(=O)Oc1ccc2c(=O)c(Oc3ccccc3)c(C)oc2c1. The van der Waals surface area contributed by atoms with Crippen molar-refractivity contribution in [1.82, 2.24) is 5.32 Å². The number of ether oxygens (including phenoxy) is 3. The van der Waals surface area contributed by atoms with Gasteiger partial charge in [0.25, 0.3) is 0 Å². The second-order valence-corrected chi connectivity index (χ2v) is 8.88. The Morgan fingerprint density at radius 2 is 1.63 bits per heavy atom. The van der Waals surface area contributed by atoms with Crippen LogP contribution in [0.3, 0.4) is 0 Å². The van der Waals surface area contributed by atoms with Crippen molar-refractivity contribution in [3.05, 3.63) is 100 Å². The van der Waals surface area contributed by atoms with E-state index in [2.05, 4.69) is 5.32 Å². The number of hydrogen-bond acceptors (Lipinski definition) is 7. The van der Waals surface area contributed by atoms with Crippen molar-refractivity contribution in [3.8, 4) is 17.2 Å². The third-order valence-corrected chi connectivity index (χ3v) is 6.12. The lowest BCUT2D eigenvalue weighted by molar-refractivity contribution is -0.138. The molecule has 1 amide bonds. The highest BCUT2D eigenvalue weighted by Crippen LogP contribution is 2.27. The highest BCUT2D eigenvalue weighted by atomic mass is 16.6. The van der Waals surface area contributed by atoms with Crippen LogP contribution < -0.4 is 20.2 Å². The van der Waals surface area contributed by atoms with Gasteiger partial charge in [-0.1, -0.05) is 68.8 Å². The fourth-order valence-electron chi connectivity index (χ4n) is 3.80. The van der Waals surface area contributed by atoms with Gasteiger partial charge in [0, 0.05) is 6.07 Å². The maximum Gasteiger partial charge on any atom is 0.408 e. The number of amides is 1. The lowest BCUT2D eigenvalue weighted by Gasteiger charge is -2.22. The Bertz CT molecular complexity index is 1460. The Hall–Kier alpha value is -4.59. The maximum absolute atomic E-state index is 13.1. The number of aryl methyl sites for hydroxylation is 1. The van der Waals surface area contributed by atoms with Gasteiger partial charge in [-0.05, 0) is 42.7 Å². The summed E-state index contributed by atoms with van der Waals surface area (Å²) in [7, 11) is 0. The van der Waals surface area contributed by atoms with E-state index in [1.54, 1.807) is 31.2 Å². The molecule has 0 saturated carbocycles. The van der Waals surface area contributed by atoms with E-state index in [4.69, 9.17) is 18.6 Å². The van der Waals surface area contributed by atoms with Gasteiger partial charge in [-0.15, -0.1) is 0 Å². The summed E-state index contributed by atoms with van der Waals surface area (Å²) >= 11 is 0. The molecular formula is C30H29NO7. The monoisotopic (exact) mass is 515 g/mol. The number of nitrogens with one attached hydrogen (secondary N) is 1. The van der Waals surface area contributed by atoms with Gasteiger partial charge in [0.2, 0.25) is 11.2 Å². The average Bonchev–Trinajstić information content (AvgIpc) is 2.93. The van der Waals surface area contributed by atoms with Gasteiger partial charge < -0.3 is 23.9 Å². The van der Waals surface area contributed by atoms with Crippen molar-refractivity contribution in [1.29, 1.82) is 0 Å². The predicted molar refractivity (Wildman–Crippen MR) is 142 cm³/mol. The van der Waals surface area contributed by atoms with Gasteiger partial charge in [0.1, 0.15) is 35.5 Å². The number of carbonyl (C=O) groups is 2. The zero-order valence-corrected chi connectivity index (χ0v) is 21.4. The van der Waals surface area contributed by atoms with Gasteiger partial charge >= 0.3 is 12.1 Å². The molecule has 1 aromatic heterocycles. The molecule has 1 N–H and O–H groups in total. The molecule has 38 heavy (non-hydrogen) atoms. The number of rotatable bonds is 9. The molecule has 4 aromatic rings. The standard InChI is InChI=1S/C30H29NO7/c1-4-19(2)26(31-30(34)35-18-21-11-7-5-8-12-21)29(33)38-23-15-16-24-25(17-23)36-20(3)28(27(24)32)37-22-13-9-6-10-14-22/h5-17,19,26H,4,18H2,1-3H3,(H,31,34)/t19-,26-/m1/s1. The number of benzene rings is 3. The molecule has 0 spiro atoms. The number of para-hydroxylation sites is 1. The zero-order valence-electron chi connectivity index (χ0n) is 21.4. The second kappa shape index (κ2) is 12.1. The minimum absolute atomic E-state index is 0.0774. The zero-order chi connectivity index (χ0) is 27.1. The summed E-state index contributed by atoms with van der Waals surface area (Å²) in [6, 6.07) is 21.7. The fourth-order valence-corrected chi connectivity index (χ4v) is 3.80. The number of fused-ring (bicyclic) bond motifs is 1. The fraction of sp³-hybridized carbons (Fsp3) is 0.233. The molecule has 2 atom stereocenters. The van der Waals surface area contributed by atoms with Crippen LogP contribution in [0, 0.1) is 12.8 Å². The summed E-state index contributed by atoms with van der Waals surface area (Å²) in [5.41, 5.74) is 0.731. The van der Waals surface area contributed by atoms with E-state index >= 15 is 0 Å². The van der Waals surface area contributed by atoms with E-state index in [1.807, 2.05) is 50.2 Å². The minimum Gasteiger partial charge on any atom is -0.457 e. The third kappa shape index (κ3) is 6.39. The molecule has 0 bridgehead atoms. The number of alkyl carbamates (subject to hydrolysis) is 1. The Kier molecular flexibility index (Phi) is 8.43. The topological polar surface area (TPSA) is 104 Å². The molecule has 0 aliphatic rings. The van der Waals surface area contributed by atoms with Crippen molar-refractivity contribution in [2.24, 2.45) is 5.92 Å². The average molecular weight is 516 g/mol. The third-order valence-electron chi connectivity index (χ3n) is 6.12. The van der Waals surface area contributed by atoms with E-state index in [1.165, 1.54) is 18.2 Å². The molecular weight excluding hydrogens is 486 g/mol. The van der Waals surface area contributed by atoms with Gasteiger partial charge in [0.15, 0.2) is 0 Å². The van der Waals surface area contributed by atoms with Gasteiger partial charge in [-0.3, -0.25) is 4.79 Å². The van der Waals surface area contributed by atoms with E-state index < -0.39 is 18.1 Å². The number of hydrogen-bond donors (Lipinski definition) is 1. The van der Waals surface area contributed by atoms with Crippen LogP contribution in [0.1, 0.15) is 31.6 Å². The molecule has 0 radical (unpaired) electrons. The van der Waals surface area contributed by atoms with Gasteiger partial charge in [0.05, 0.1) is 5.39 Å². The van der Waals surface area contributed by atoms with Crippen molar-refractivity contribution < 1.29 is 28.2 Å². The molecule has 1 heterocycles. The first-order chi connectivity index (χ1) is 18.4. The van der Waals surface area contributed by atoms with Crippen molar-refractivity contribution in [2.45, 2.75) is 39.8 Å². The lowest BCUT2D eigenvalue weighted by atomic mass is 9.99. The molecule has 0 unspecified atom stereocenters. The van der Waals surface area contributed by atoms with Gasteiger partial charge in [-0.25, -0.2) is 9.59 Å². The summed E-state index contributed by atoms with van der Waals surface area (Å²) < 4.78 is 22.4. The minimum atomic E-state index is -0.936. The summed E-state index contributed by atoms with van der Waals surface area (Å²) in [5, 5.41) is 2.90. The molecule has 0 aliphatic heterocycles. The lowest BCUT2D eigenvalue weighted by Crippen LogP contribution is -2.47. The molecule has 8 nitrogen and oxygen atoms in total. The van der Waals surface area contributed by atoms with Gasteiger partial charge in [-0.2, -0.15) is 0 Å². The summed E-state index contributed by atoms with van der Waals surface area (Å²) in [4.78, 5) is 38.5. The van der Waals surface area contributed by atoms with Crippen LogP contribution in [0.15, 0.2) is 88.1 Å². The highest BCUT2D eigenvalue weighted by Gasteiger charge is 2.29. The van der Waals surface area contributed by atoms with E-state index in [-0.39, 0.29) is 46.2 Å². The van der Waals surface area contributed by atoms with E-state index in [9.17, 15) is 14.4 Å².